The fourth-order valence-corrected chi connectivity index (χ4v) is 2.38. The normalized spacial score (nSPS) is 42.4. The Morgan fingerprint density at radius 3 is 3.10 bits per heavy atom. The molecule has 3 rings (SSSR count). The van der Waals surface area contributed by atoms with E-state index in [9.17, 15) is 0 Å². The standard InChI is InChI=1S/C9H10O/c1-2-7-5-6(1)8-3-4-10-9(7)8/h6-7H,1-4H2/t6-,7+/m1/s1. The van der Waals surface area contributed by atoms with Gasteiger partial charge < -0.3 is 4.74 Å². The number of rotatable bonds is 0. The molecule has 1 fully saturated rings. The summed E-state index contributed by atoms with van der Waals surface area (Å²) in [5.41, 5.74) is 1.58. The van der Waals surface area contributed by atoms with Crippen molar-refractivity contribution in [1.29, 1.82) is 0 Å². The van der Waals surface area contributed by atoms with Gasteiger partial charge in [-0.2, -0.15) is 0 Å². The van der Waals surface area contributed by atoms with Crippen LogP contribution in [0.5, 0.6) is 0 Å². The summed E-state index contributed by atoms with van der Waals surface area (Å²) in [4.78, 5) is 0. The second-order valence-electron chi connectivity index (χ2n) is 3.34. The molecule has 0 amide bonds. The number of hydrogen-bond donors (Lipinski definition) is 0. The minimum absolute atomic E-state index is 0.600. The van der Waals surface area contributed by atoms with Crippen LogP contribution in [0.1, 0.15) is 19.3 Å². The van der Waals surface area contributed by atoms with Crippen molar-refractivity contribution in [2.75, 3.05) is 6.61 Å². The summed E-state index contributed by atoms with van der Waals surface area (Å²) in [6.45, 7) is 0.944. The van der Waals surface area contributed by atoms with Crippen LogP contribution in [-0.2, 0) is 4.74 Å². The van der Waals surface area contributed by atoms with E-state index in [2.05, 4.69) is 6.42 Å². The SMILES string of the molecule is [C]1[C@@H]2CC[C@H]1C1=C2OCC1. The first kappa shape index (κ1) is 5.22. The molecule has 2 atom stereocenters. The van der Waals surface area contributed by atoms with Gasteiger partial charge in [0.05, 0.1) is 12.4 Å². The van der Waals surface area contributed by atoms with Crippen molar-refractivity contribution in [3.63, 3.8) is 0 Å². The van der Waals surface area contributed by atoms with Gasteiger partial charge in [-0.1, -0.05) is 0 Å². The van der Waals surface area contributed by atoms with Crippen LogP contribution >= 0.6 is 0 Å². The van der Waals surface area contributed by atoms with E-state index in [-0.39, 0.29) is 0 Å². The zero-order valence-corrected chi connectivity index (χ0v) is 5.89. The van der Waals surface area contributed by atoms with E-state index in [1.807, 2.05) is 0 Å². The van der Waals surface area contributed by atoms with Gasteiger partial charge in [-0.15, -0.1) is 0 Å². The van der Waals surface area contributed by atoms with Crippen LogP contribution in [0.3, 0.4) is 0 Å². The minimum Gasteiger partial charge on any atom is -0.497 e. The summed E-state index contributed by atoms with van der Waals surface area (Å²) in [5, 5.41) is 0. The second kappa shape index (κ2) is 1.58. The van der Waals surface area contributed by atoms with Gasteiger partial charge in [-0.25, -0.2) is 0 Å². The van der Waals surface area contributed by atoms with E-state index >= 15 is 0 Å². The van der Waals surface area contributed by atoms with E-state index in [0.717, 1.165) is 6.61 Å². The Labute approximate surface area is 61.1 Å². The van der Waals surface area contributed by atoms with Crippen molar-refractivity contribution in [1.82, 2.24) is 0 Å². The van der Waals surface area contributed by atoms with Crippen molar-refractivity contribution in [3.05, 3.63) is 17.8 Å². The summed E-state index contributed by atoms with van der Waals surface area (Å²) in [6.07, 6.45) is 7.35. The number of ether oxygens (including phenoxy) is 1. The van der Waals surface area contributed by atoms with Gasteiger partial charge in [0.2, 0.25) is 0 Å². The highest BCUT2D eigenvalue weighted by atomic mass is 16.5. The highest BCUT2D eigenvalue weighted by molar-refractivity contribution is 5.33. The van der Waals surface area contributed by atoms with Crippen LogP contribution in [0, 0.1) is 18.3 Å². The highest BCUT2D eigenvalue weighted by Crippen LogP contribution is 2.51. The molecule has 2 bridgehead atoms. The molecule has 3 aliphatic rings. The van der Waals surface area contributed by atoms with Crippen LogP contribution < -0.4 is 0 Å². The van der Waals surface area contributed by atoms with Crippen molar-refractivity contribution in [2.45, 2.75) is 19.3 Å². The lowest BCUT2D eigenvalue weighted by molar-refractivity contribution is 0.216. The Morgan fingerprint density at radius 1 is 1.30 bits per heavy atom. The summed E-state index contributed by atoms with van der Waals surface area (Å²) >= 11 is 0. The molecule has 0 N–H and O–H groups in total. The van der Waals surface area contributed by atoms with E-state index in [1.54, 1.807) is 5.57 Å². The second-order valence-corrected chi connectivity index (χ2v) is 3.34. The number of hydrogen-bond acceptors (Lipinski definition) is 1. The van der Waals surface area contributed by atoms with Crippen molar-refractivity contribution < 1.29 is 4.74 Å². The highest BCUT2D eigenvalue weighted by Gasteiger charge is 2.42. The predicted octanol–water partition coefficient (Wildman–Crippen LogP) is 1.78. The van der Waals surface area contributed by atoms with Crippen molar-refractivity contribution in [3.8, 4) is 0 Å². The van der Waals surface area contributed by atoms with Crippen molar-refractivity contribution >= 4 is 0 Å². The van der Waals surface area contributed by atoms with E-state index < -0.39 is 0 Å². The molecule has 1 aliphatic heterocycles. The zero-order valence-electron chi connectivity index (χ0n) is 5.89. The fourth-order valence-electron chi connectivity index (χ4n) is 2.38. The van der Waals surface area contributed by atoms with E-state index in [0.29, 0.717) is 11.8 Å². The summed E-state index contributed by atoms with van der Waals surface area (Å²) < 4.78 is 5.53. The first-order valence-electron chi connectivity index (χ1n) is 4.07. The first-order chi connectivity index (χ1) is 4.95. The number of allylic oxidation sites excluding steroid dienone is 1. The molecular weight excluding hydrogens is 124 g/mol. The third kappa shape index (κ3) is 0.458. The molecule has 1 heterocycles. The van der Waals surface area contributed by atoms with Gasteiger partial charge >= 0.3 is 0 Å². The van der Waals surface area contributed by atoms with Gasteiger partial charge in [-0.05, 0) is 24.3 Å². The lowest BCUT2D eigenvalue weighted by Gasteiger charge is -2.10. The molecule has 2 radical (unpaired) electrons. The predicted molar refractivity (Wildman–Crippen MR) is 37.1 cm³/mol. The van der Waals surface area contributed by atoms with E-state index in [1.165, 1.54) is 25.0 Å². The van der Waals surface area contributed by atoms with Gasteiger partial charge in [0.1, 0.15) is 0 Å². The molecule has 0 saturated heterocycles. The molecule has 0 aromatic heterocycles. The maximum atomic E-state index is 5.53. The van der Waals surface area contributed by atoms with Crippen LogP contribution in [0.2, 0.25) is 0 Å². The monoisotopic (exact) mass is 134 g/mol. The number of fused-ring (bicyclic) bond motifs is 4. The molecule has 52 valence electrons. The molecule has 0 spiro atoms. The maximum Gasteiger partial charge on any atom is 0.0993 e. The topological polar surface area (TPSA) is 9.23 Å². The van der Waals surface area contributed by atoms with Crippen LogP contribution in [0.25, 0.3) is 0 Å². The first-order valence-corrected chi connectivity index (χ1v) is 4.07. The average molecular weight is 134 g/mol. The van der Waals surface area contributed by atoms with Crippen LogP contribution in [0.4, 0.5) is 0 Å². The molecular formula is C9H10O. The maximum absolute atomic E-state index is 5.53. The van der Waals surface area contributed by atoms with Gasteiger partial charge in [-0.3, -0.25) is 0 Å². The molecule has 10 heavy (non-hydrogen) atoms. The van der Waals surface area contributed by atoms with Gasteiger partial charge in [0.15, 0.2) is 0 Å². The molecule has 0 aromatic carbocycles. The third-order valence-corrected chi connectivity index (χ3v) is 2.83. The Morgan fingerprint density at radius 2 is 2.20 bits per heavy atom. The lowest BCUT2D eigenvalue weighted by Crippen LogP contribution is -1.98. The Bertz CT molecular complexity index is 185. The summed E-state index contributed by atoms with van der Waals surface area (Å²) in [6, 6.07) is 0. The average Bonchev–Trinajstić information content (AvgIpc) is 2.60. The quantitative estimate of drug-likeness (QED) is 0.490. The molecule has 1 nitrogen and oxygen atoms in total. The largest absolute Gasteiger partial charge is 0.497 e. The fraction of sp³-hybridized carbons (Fsp3) is 0.667. The summed E-state index contributed by atoms with van der Waals surface area (Å²) in [5.74, 6) is 2.60. The van der Waals surface area contributed by atoms with Gasteiger partial charge in [0.25, 0.3) is 0 Å². The third-order valence-electron chi connectivity index (χ3n) is 2.83. The Balaban J connectivity index is 2.06. The minimum atomic E-state index is 0.600. The zero-order chi connectivity index (χ0) is 6.55. The van der Waals surface area contributed by atoms with Crippen LogP contribution in [0.15, 0.2) is 11.3 Å². The molecule has 1 saturated carbocycles. The smallest absolute Gasteiger partial charge is 0.0993 e. The molecule has 1 heteroatoms. The molecule has 2 aliphatic carbocycles. The van der Waals surface area contributed by atoms with E-state index in [4.69, 9.17) is 4.74 Å². The molecule has 0 unspecified atom stereocenters. The van der Waals surface area contributed by atoms with Crippen LogP contribution in [-0.4, -0.2) is 6.61 Å². The van der Waals surface area contributed by atoms with Gasteiger partial charge in [0, 0.05) is 18.8 Å². The summed E-state index contributed by atoms with van der Waals surface area (Å²) in [7, 11) is 0. The Kier molecular flexibility index (Phi) is 0.825. The lowest BCUT2D eigenvalue weighted by atomic mass is 9.96. The molecule has 0 aromatic rings. The van der Waals surface area contributed by atoms with Crippen molar-refractivity contribution in [2.24, 2.45) is 11.8 Å². The Hall–Kier alpha value is -0.460.